The van der Waals surface area contributed by atoms with Gasteiger partial charge in [0.1, 0.15) is 14.9 Å². The van der Waals surface area contributed by atoms with Crippen LogP contribution >= 0.6 is 22.9 Å². The number of nitrogens with zero attached hydrogens (tertiary/aromatic N) is 2. The number of carboxylic acids is 1. The van der Waals surface area contributed by atoms with Crippen LogP contribution in [0.4, 0.5) is 5.13 Å². The summed E-state index contributed by atoms with van der Waals surface area (Å²) in [6.45, 7) is 1.64. The summed E-state index contributed by atoms with van der Waals surface area (Å²) in [5, 5.41) is 8.88. The van der Waals surface area contributed by atoms with Crippen molar-refractivity contribution in [2.75, 3.05) is 4.72 Å². The lowest BCUT2D eigenvalue weighted by molar-refractivity contribution is 0.0702. The van der Waals surface area contributed by atoms with E-state index in [0.29, 0.717) is 17.2 Å². The zero-order chi connectivity index (χ0) is 13.3. The van der Waals surface area contributed by atoms with Crippen molar-refractivity contribution in [3.63, 3.8) is 0 Å². The number of carboxylic acid groups (broad SMARTS) is 1. The number of aromatic carboxylic acids is 1. The Morgan fingerprint density at radius 3 is 2.67 bits per heavy atom. The van der Waals surface area contributed by atoms with Gasteiger partial charge in [0.15, 0.2) is 0 Å². The molecule has 2 rings (SSSR count). The van der Waals surface area contributed by atoms with Crippen LogP contribution in [0.5, 0.6) is 0 Å². The van der Waals surface area contributed by atoms with Gasteiger partial charge < -0.3 is 5.11 Å². The fraction of sp³-hybridized carbons (Fsp3) is 0.125. The molecule has 0 unspecified atom stereocenters. The van der Waals surface area contributed by atoms with Gasteiger partial charge in [-0.2, -0.15) is 4.37 Å². The Morgan fingerprint density at radius 1 is 1.44 bits per heavy atom. The Labute approximate surface area is 110 Å². The fourth-order valence-corrected chi connectivity index (χ4v) is 4.03. The standard InChI is InChI=1S/C8H7N3O4S3/c1-4-9-8(17-10-4)11-18(14,15)6-3-2-5(16-6)7(12)13/h2-3H,1H3,(H,12,13)(H,9,10,11). The van der Waals surface area contributed by atoms with E-state index in [2.05, 4.69) is 14.1 Å². The van der Waals surface area contributed by atoms with E-state index >= 15 is 0 Å². The van der Waals surface area contributed by atoms with Crippen molar-refractivity contribution >= 4 is 44.0 Å². The maximum atomic E-state index is 11.9. The third-order valence-electron chi connectivity index (χ3n) is 1.81. The van der Waals surface area contributed by atoms with E-state index in [1.165, 1.54) is 12.1 Å². The zero-order valence-corrected chi connectivity index (χ0v) is 11.4. The summed E-state index contributed by atoms with van der Waals surface area (Å²) in [6.07, 6.45) is 0. The quantitative estimate of drug-likeness (QED) is 0.883. The number of aryl methyl sites for hydroxylation is 1. The van der Waals surface area contributed by atoms with Gasteiger partial charge in [-0.25, -0.2) is 18.2 Å². The summed E-state index contributed by atoms with van der Waals surface area (Å²) in [5.74, 6) is -0.691. The summed E-state index contributed by atoms with van der Waals surface area (Å²) < 4.78 is 29.8. The van der Waals surface area contributed by atoms with Gasteiger partial charge >= 0.3 is 5.97 Å². The number of anilines is 1. The molecule has 0 saturated heterocycles. The number of rotatable bonds is 4. The highest BCUT2D eigenvalue weighted by Gasteiger charge is 2.20. The van der Waals surface area contributed by atoms with Gasteiger partial charge in [0, 0.05) is 11.5 Å². The SMILES string of the molecule is Cc1nsc(NS(=O)(=O)c2ccc(C(=O)O)s2)n1. The molecule has 0 saturated carbocycles. The molecule has 7 nitrogen and oxygen atoms in total. The second-order valence-electron chi connectivity index (χ2n) is 3.18. The lowest BCUT2D eigenvalue weighted by Gasteiger charge is -2.00. The van der Waals surface area contributed by atoms with Crippen molar-refractivity contribution < 1.29 is 18.3 Å². The highest BCUT2D eigenvalue weighted by atomic mass is 32.2. The number of sulfonamides is 1. The first-order valence-corrected chi connectivity index (χ1v) is 7.62. The van der Waals surface area contributed by atoms with Crippen LogP contribution in [0.2, 0.25) is 0 Å². The molecule has 96 valence electrons. The molecular weight excluding hydrogens is 298 g/mol. The second-order valence-corrected chi connectivity index (χ2v) is 6.92. The maximum absolute atomic E-state index is 11.9. The maximum Gasteiger partial charge on any atom is 0.345 e. The first kappa shape index (κ1) is 12.9. The van der Waals surface area contributed by atoms with Crippen LogP contribution < -0.4 is 4.72 Å². The molecular formula is C8H7N3O4S3. The number of aromatic nitrogens is 2. The first-order chi connectivity index (χ1) is 8.38. The van der Waals surface area contributed by atoms with Crippen LogP contribution in [0.25, 0.3) is 0 Å². The van der Waals surface area contributed by atoms with Crippen molar-refractivity contribution in [3.05, 3.63) is 22.8 Å². The van der Waals surface area contributed by atoms with E-state index in [-0.39, 0.29) is 14.2 Å². The molecule has 10 heteroatoms. The average molecular weight is 305 g/mol. The Kier molecular flexibility index (Phi) is 3.32. The molecule has 0 aliphatic heterocycles. The normalized spacial score (nSPS) is 11.4. The molecule has 0 atom stereocenters. The Hall–Kier alpha value is -1.52. The molecule has 18 heavy (non-hydrogen) atoms. The van der Waals surface area contributed by atoms with Crippen LogP contribution in [0.15, 0.2) is 16.3 Å². The molecule has 2 aromatic heterocycles. The molecule has 0 aliphatic rings. The number of carbonyl (C=O) groups is 1. The molecule has 0 spiro atoms. The second kappa shape index (κ2) is 4.63. The van der Waals surface area contributed by atoms with Crippen LogP contribution in [-0.2, 0) is 10.0 Å². The van der Waals surface area contributed by atoms with Crippen LogP contribution in [0.1, 0.15) is 15.5 Å². The Morgan fingerprint density at radius 2 is 2.17 bits per heavy atom. The minimum atomic E-state index is -3.80. The first-order valence-electron chi connectivity index (χ1n) is 4.55. The van der Waals surface area contributed by atoms with Crippen LogP contribution in [0.3, 0.4) is 0 Å². The summed E-state index contributed by atoms with van der Waals surface area (Å²) in [4.78, 5) is 14.5. The third kappa shape index (κ3) is 2.66. The molecule has 2 N–H and O–H groups in total. The van der Waals surface area contributed by atoms with Gasteiger partial charge in [0.05, 0.1) is 0 Å². The van der Waals surface area contributed by atoms with E-state index in [1.54, 1.807) is 6.92 Å². The van der Waals surface area contributed by atoms with Crippen molar-refractivity contribution in [1.82, 2.24) is 9.36 Å². The summed E-state index contributed by atoms with van der Waals surface area (Å²) in [7, 11) is -3.80. The summed E-state index contributed by atoms with van der Waals surface area (Å²) >= 11 is 1.60. The van der Waals surface area contributed by atoms with E-state index in [1.807, 2.05) is 0 Å². The number of thiophene rings is 1. The zero-order valence-electron chi connectivity index (χ0n) is 8.95. The van der Waals surface area contributed by atoms with Gasteiger partial charge in [0.2, 0.25) is 5.13 Å². The third-order valence-corrected chi connectivity index (χ3v) is 5.56. The number of hydrogen-bond acceptors (Lipinski definition) is 7. The molecule has 0 aromatic carbocycles. The number of nitrogens with one attached hydrogen (secondary N) is 1. The summed E-state index contributed by atoms with van der Waals surface area (Å²) in [6, 6.07) is 2.48. The molecule has 0 bridgehead atoms. The monoisotopic (exact) mass is 305 g/mol. The largest absolute Gasteiger partial charge is 0.477 e. The Balaban J connectivity index is 2.27. The van der Waals surface area contributed by atoms with E-state index < -0.39 is 16.0 Å². The fourth-order valence-electron chi connectivity index (χ4n) is 1.08. The van der Waals surface area contributed by atoms with Gasteiger partial charge in [-0.05, 0) is 19.1 Å². The van der Waals surface area contributed by atoms with Crippen LogP contribution in [-0.4, -0.2) is 28.9 Å². The van der Waals surface area contributed by atoms with Gasteiger partial charge in [0.25, 0.3) is 10.0 Å². The topological polar surface area (TPSA) is 109 Å². The highest BCUT2D eigenvalue weighted by Crippen LogP contribution is 2.24. The molecule has 0 aliphatic carbocycles. The van der Waals surface area contributed by atoms with Gasteiger partial charge in [-0.1, -0.05) is 0 Å². The highest BCUT2D eigenvalue weighted by molar-refractivity contribution is 7.94. The smallest absolute Gasteiger partial charge is 0.345 e. The minimum absolute atomic E-state index is 0.0381. The minimum Gasteiger partial charge on any atom is -0.477 e. The summed E-state index contributed by atoms with van der Waals surface area (Å²) in [5.41, 5.74) is 0. The lowest BCUT2D eigenvalue weighted by Crippen LogP contribution is -2.11. The van der Waals surface area contributed by atoms with Crippen molar-refractivity contribution in [3.8, 4) is 0 Å². The molecule has 0 fully saturated rings. The van der Waals surface area contributed by atoms with E-state index in [0.717, 1.165) is 11.5 Å². The molecule has 2 heterocycles. The van der Waals surface area contributed by atoms with Gasteiger partial charge in [-0.3, -0.25) is 4.72 Å². The predicted octanol–water partition coefficient (Wildman–Crippen LogP) is 1.41. The van der Waals surface area contributed by atoms with Crippen molar-refractivity contribution in [2.45, 2.75) is 11.1 Å². The predicted molar refractivity (Wildman–Crippen MR) is 66.7 cm³/mol. The molecule has 2 aromatic rings. The molecule has 0 radical (unpaired) electrons. The molecule has 0 amide bonds. The van der Waals surface area contributed by atoms with E-state index in [9.17, 15) is 13.2 Å². The average Bonchev–Trinajstić information content (AvgIpc) is 2.86. The van der Waals surface area contributed by atoms with Gasteiger partial charge in [-0.15, -0.1) is 11.3 Å². The van der Waals surface area contributed by atoms with Crippen LogP contribution in [0, 0.1) is 6.92 Å². The number of hydrogen-bond donors (Lipinski definition) is 2. The lowest BCUT2D eigenvalue weighted by atomic mass is 10.5. The van der Waals surface area contributed by atoms with Crippen molar-refractivity contribution in [2.24, 2.45) is 0 Å². The Bertz CT molecular complexity index is 688. The van der Waals surface area contributed by atoms with E-state index in [4.69, 9.17) is 5.11 Å². The van der Waals surface area contributed by atoms with Crippen molar-refractivity contribution in [1.29, 1.82) is 0 Å².